The van der Waals surface area contributed by atoms with Crippen LogP contribution < -0.4 is 10.3 Å². The SMILES string of the molecule is Cc1cc(NS(=O)(=O)c2ccc(N=Cc3c(O)[nH]c(=O)c4ccccc34)cc2)no1. The summed E-state index contributed by atoms with van der Waals surface area (Å²) in [6.45, 7) is 1.65. The maximum Gasteiger partial charge on any atom is 0.263 e. The number of aromatic nitrogens is 2. The molecule has 0 aliphatic carbocycles. The van der Waals surface area contributed by atoms with E-state index in [-0.39, 0.29) is 16.6 Å². The van der Waals surface area contributed by atoms with Gasteiger partial charge in [0.05, 0.1) is 16.1 Å². The first-order valence-corrected chi connectivity index (χ1v) is 10.3. The van der Waals surface area contributed by atoms with Crippen LogP contribution in [0.5, 0.6) is 5.88 Å². The van der Waals surface area contributed by atoms with Gasteiger partial charge in [-0.2, -0.15) is 0 Å². The first-order chi connectivity index (χ1) is 14.3. The first-order valence-electron chi connectivity index (χ1n) is 8.78. The van der Waals surface area contributed by atoms with Crippen molar-refractivity contribution in [2.45, 2.75) is 11.8 Å². The maximum absolute atomic E-state index is 12.4. The van der Waals surface area contributed by atoms with Gasteiger partial charge in [-0.05, 0) is 37.3 Å². The molecular formula is C20H16N4O5S. The van der Waals surface area contributed by atoms with Crippen LogP contribution in [0.25, 0.3) is 10.8 Å². The van der Waals surface area contributed by atoms with Crippen LogP contribution in [0.3, 0.4) is 0 Å². The Bertz CT molecular complexity index is 1420. The van der Waals surface area contributed by atoms with Crippen molar-refractivity contribution in [1.29, 1.82) is 0 Å². The van der Waals surface area contributed by atoms with Gasteiger partial charge in [-0.25, -0.2) is 8.42 Å². The number of aromatic hydroxyl groups is 1. The molecule has 2 aromatic heterocycles. The number of rotatable bonds is 5. The van der Waals surface area contributed by atoms with Crippen LogP contribution in [0.1, 0.15) is 11.3 Å². The van der Waals surface area contributed by atoms with Crippen LogP contribution >= 0.6 is 0 Å². The molecule has 4 aromatic rings. The predicted molar refractivity (Wildman–Crippen MR) is 112 cm³/mol. The number of hydrogen-bond donors (Lipinski definition) is 3. The van der Waals surface area contributed by atoms with E-state index in [4.69, 9.17) is 4.52 Å². The van der Waals surface area contributed by atoms with E-state index in [9.17, 15) is 18.3 Å². The Labute approximate surface area is 170 Å². The third-order valence-electron chi connectivity index (χ3n) is 4.31. The Hall–Kier alpha value is -3.92. The number of anilines is 1. The normalized spacial score (nSPS) is 11.9. The van der Waals surface area contributed by atoms with Gasteiger partial charge in [0.1, 0.15) is 5.76 Å². The second kappa shape index (κ2) is 7.48. The summed E-state index contributed by atoms with van der Waals surface area (Å²) >= 11 is 0. The summed E-state index contributed by atoms with van der Waals surface area (Å²) in [5.74, 6) is 0.277. The van der Waals surface area contributed by atoms with Gasteiger partial charge < -0.3 is 9.63 Å². The number of pyridine rings is 1. The van der Waals surface area contributed by atoms with Crippen molar-refractivity contribution >= 4 is 38.5 Å². The molecule has 10 heteroatoms. The standard InChI is InChI=1S/C20H16N4O5S/c1-12-10-18(23-29-12)24-30(27,28)14-8-6-13(7-9-14)21-11-17-15-4-2-3-5-16(15)19(25)22-20(17)26/h2-11H,1H3,(H,23,24)(H2,22,25,26). The fraction of sp³-hybridized carbons (Fsp3) is 0.0500. The zero-order valence-electron chi connectivity index (χ0n) is 15.7. The molecule has 0 amide bonds. The Balaban J connectivity index is 1.61. The van der Waals surface area contributed by atoms with E-state index < -0.39 is 15.6 Å². The number of aromatic amines is 1. The zero-order valence-corrected chi connectivity index (χ0v) is 16.5. The second-order valence-electron chi connectivity index (χ2n) is 6.44. The number of sulfonamides is 1. The van der Waals surface area contributed by atoms with E-state index in [1.54, 1.807) is 31.2 Å². The molecule has 3 N–H and O–H groups in total. The minimum Gasteiger partial charge on any atom is -0.494 e. The van der Waals surface area contributed by atoms with Crippen LogP contribution in [-0.4, -0.2) is 29.9 Å². The molecule has 2 aromatic carbocycles. The van der Waals surface area contributed by atoms with Crippen molar-refractivity contribution in [2.75, 3.05) is 4.72 Å². The molecule has 0 unspecified atom stereocenters. The molecule has 0 radical (unpaired) electrons. The van der Waals surface area contributed by atoms with E-state index in [0.29, 0.717) is 27.8 Å². The van der Waals surface area contributed by atoms with E-state index in [2.05, 4.69) is 19.9 Å². The quantitative estimate of drug-likeness (QED) is 0.421. The first kappa shape index (κ1) is 19.4. The number of hydrogen-bond acceptors (Lipinski definition) is 7. The van der Waals surface area contributed by atoms with Gasteiger partial charge in [-0.15, -0.1) is 0 Å². The maximum atomic E-state index is 12.4. The summed E-state index contributed by atoms with van der Waals surface area (Å²) in [5, 5.41) is 14.7. The summed E-state index contributed by atoms with van der Waals surface area (Å²) in [7, 11) is -3.83. The minimum atomic E-state index is -3.83. The Morgan fingerprint density at radius 2 is 1.83 bits per heavy atom. The highest BCUT2D eigenvalue weighted by Crippen LogP contribution is 2.23. The summed E-state index contributed by atoms with van der Waals surface area (Å²) in [5.41, 5.74) is 0.412. The molecule has 0 fully saturated rings. The number of aryl methyl sites for hydroxylation is 1. The molecule has 30 heavy (non-hydrogen) atoms. The monoisotopic (exact) mass is 424 g/mol. The summed E-state index contributed by atoms with van der Waals surface area (Å²) in [6.07, 6.45) is 1.41. The lowest BCUT2D eigenvalue weighted by molar-refractivity contribution is 0.400. The molecule has 2 heterocycles. The van der Waals surface area contributed by atoms with Gasteiger partial charge in [-0.3, -0.25) is 19.5 Å². The van der Waals surface area contributed by atoms with Crippen LogP contribution in [0.4, 0.5) is 11.5 Å². The third-order valence-corrected chi connectivity index (χ3v) is 5.68. The Kier molecular flexibility index (Phi) is 4.84. The molecule has 0 spiro atoms. The lowest BCUT2D eigenvalue weighted by Gasteiger charge is -2.05. The van der Waals surface area contributed by atoms with Crippen LogP contribution in [0.2, 0.25) is 0 Å². The third kappa shape index (κ3) is 3.80. The summed E-state index contributed by atoms with van der Waals surface area (Å²) in [6, 6.07) is 14.1. The number of nitrogens with zero attached hydrogens (tertiary/aromatic N) is 2. The molecule has 0 saturated heterocycles. The zero-order chi connectivity index (χ0) is 21.3. The van der Waals surface area contributed by atoms with Crippen molar-refractivity contribution in [3.05, 3.63) is 76.3 Å². The van der Waals surface area contributed by atoms with Gasteiger partial charge in [0.15, 0.2) is 5.82 Å². The predicted octanol–water partition coefficient (Wildman–Crippen LogP) is 3.08. The fourth-order valence-electron chi connectivity index (χ4n) is 2.88. The highest BCUT2D eigenvalue weighted by atomic mass is 32.2. The molecule has 4 rings (SSSR count). The van der Waals surface area contributed by atoms with Gasteiger partial charge >= 0.3 is 0 Å². The number of fused-ring (bicyclic) bond motifs is 1. The van der Waals surface area contributed by atoms with Crippen LogP contribution in [0.15, 0.2) is 73.8 Å². The average Bonchev–Trinajstić information content (AvgIpc) is 3.12. The van der Waals surface area contributed by atoms with E-state index in [0.717, 1.165) is 0 Å². The number of nitrogens with one attached hydrogen (secondary N) is 2. The molecule has 0 atom stereocenters. The number of aliphatic imine (C=N–C) groups is 1. The molecule has 0 saturated carbocycles. The Morgan fingerprint density at radius 1 is 1.13 bits per heavy atom. The Morgan fingerprint density at radius 3 is 2.50 bits per heavy atom. The van der Waals surface area contributed by atoms with Crippen molar-refractivity contribution in [1.82, 2.24) is 10.1 Å². The van der Waals surface area contributed by atoms with Crippen LogP contribution in [0, 0.1) is 6.92 Å². The van der Waals surface area contributed by atoms with Gasteiger partial charge in [-0.1, -0.05) is 23.4 Å². The molecule has 0 bridgehead atoms. The van der Waals surface area contributed by atoms with Crippen molar-refractivity contribution in [3.8, 4) is 5.88 Å². The van der Waals surface area contributed by atoms with Crippen LogP contribution in [-0.2, 0) is 10.0 Å². The van der Waals surface area contributed by atoms with Gasteiger partial charge in [0, 0.05) is 23.1 Å². The largest absolute Gasteiger partial charge is 0.494 e. The molecule has 152 valence electrons. The number of benzene rings is 2. The highest BCUT2D eigenvalue weighted by molar-refractivity contribution is 7.92. The smallest absolute Gasteiger partial charge is 0.263 e. The van der Waals surface area contributed by atoms with E-state index in [1.807, 2.05) is 0 Å². The molecule has 9 nitrogen and oxygen atoms in total. The second-order valence-corrected chi connectivity index (χ2v) is 8.12. The van der Waals surface area contributed by atoms with E-state index >= 15 is 0 Å². The number of H-pyrrole nitrogens is 1. The lowest BCUT2D eigenvalue weighted by Crippen LogP contribution is -2.12. The molecule has 0 aliphatic heterocycles. The lowest BCUT2D eigenvalue weighted by atomic mass is 10.1. The van der Waals surface area contributed by atoms with Gasteiger partial charge in [0.2, 0.25) is 5.88 Å². The minimum absolute atomic E-state index is 0.0273. The van der Waals surface area contributed by atoms with Crippen molar-refractivity contribution in [3.63, 3.8) is 0 Å². The van der Waals surface area contributed by atoms with Gasteiger partial charge in [0.25, 0.3) is 15.6 Å². The van der Waals surface area contributed by atoms with E-state index in [1.165, 1.54) is 36.5 Å². The van der Waals surface area contributed by atoms with Crippen molar-refractivity contribution in [2.24, 2.45) is 4.99 Å². The highest BCUT2D eigenvalue weighted by Gasteiger charge is 2.16. The molecule has 0 aliphatic rings. The summed E-state index contributed by atoms with van der Waals surface area (Å²) < 4.78 is 32.0. The van der Waals surface area contributed by atoms with Crippen molar-refractivity contribution < 1.29 is 18.0 Å². The topological polar surface area (TPSA) is 138 Å². The fourth-order valence-corrected chi connectivity index (χ4v) is 3.86. The summed E-state index contributed by atoms with van der Waals surface area (Å²) in [4.78, 5) is 18.6. The average molecular weight is 424 g/mol. The molecular weight excluding hydrogens is 408 g/mol.